The first-order valence-electron chi connectivity index (χ1n) is 13.1. The van der Waals surface area contributed by atoms with Crippen LogP contribution in [0.4, 0.5) is 13.2 Å². The molecule has 7 heteroatoms. The number of ketones is 1. The van der Waals surface area contributed by atoms with Crippen molar-refractivity contribution in [3.63, 3.8) is 0 Å². The summed E-state index contributed by atoms with van der Waals surface area (Å²) in [6.07, 6.45) is -2.75. The average Bonchev–Trinajstić information content (AvgIpc) is 3.00. The van der Waals surface area contributed by atoms with Gasteiger partial charge in [-0.25, -0.2) is 0 Å². The van der Waals surface area contributed by atoms with Crippen LogP contribution >= 0.6 is 0 Å². The number of allylic oxidation sites excluding steroid dienone is 1. The molecule has 2 atom stereocenters. The Morgan fingerprint density at radius 2 is 1.63 bits per heavy atom. The summed E-state index contributed by atoms with van der Waals surface area (Å²) in [6, 6.07) is 28.2. The van der Waals surface area contributed by atoms with Crippen molar-refractivity contribution in [1.29, 1.82) is 5.26 Å². The van der Waals surface area contributed by atoms with E-state index in [0.29, 0.717) is 22.4 Å². The number of fused-ring (bicyclic) bond motifs is 1. The van der Waals surface area contributed by atoms with Crippen molar-refractivity contribution in [3.8, 4) is 11.8 Å². The van der Waals surface area contributed by atoms with Gasteiger partial charge in [0.15, 0.2) is 5.78 Å². The lowest BCUT2D eigenvalue weighted by molar-refractivity contribution is -0.137. The predicted octanol–water partition coefficient (Wildman–Crippen LogP) is 8.03. The van der Waals surface area contributed by atoms with Crippen molar-refractivity contribution in [2.24, 2.45) is 10.4 Å². The van der Waals surface area contributed by atoms with Gasteiger partial charge in [-0.3, -0.25) is 9.79 Å². The number of halogens is 3. The number of hydrogen-bond donors (Lipinski definition) is 0. The van der Waals surface area contributed by atoms with E-state index < -0.39 is 28.9 Å². The first-order valence-corrected chi connectivity index (χ1v) is 13.1. The number of rotatable bonds is 7. The molecule has 1 heterocycles. The number of hydrogen-bond acceptors (Lipinski definition) is 4. The average molecular weight is 553 g/mol. The van der Waals surface area contributed by atoms with Gasteiger partial charge in [0.05, 0.1) is 31.0 Å². The van der Waals surface area contributed by atoms with Crippen LogP contribution in [0, 0.1) is 16.7 Å². The van der Waals surface area contributed by atoms with Crippen molar-refractivity contribution >= 4 is 27.8 Å². The van der Waals surface area contributed by atoms with Crippen LogP contribution in [0.3, 0.4) is 0 Å². The number of para-hydroxylation sites is 1. The third-order valence-electron chi connectivity index (χ3n) is 7.67. The number of nitriles is 1. The van der Waals surface area contributed by atoms with E-state index in [1.165, 1.54) is 6.07 Å². The normalized spacial score (nSPS) is 15.7. The molecule has 206 valence electrons. The molecule has 0 saturated carbocycles. The topological polar surface area (TPSA) is 62.4 Å². The minimum Gasteiger partial charge on any atom is -0.496 e. The Bertz CT molecular complexity index is 1730. The lowest BCUT2D eigenvalue weighted by atomic mass is 9.66. The summed E-state index contributed by atoms with van der Waals surface area (Å²) in [5.74, 6) is -0.663. The van der Waals surface area contributed by atoms with Gasteiger partial charge in [-0.15, -0.1) is 0 Å². The highest BCUT2D eigenvalue weighted by Gasteiger charge is 2.47. The standard InChI is InChI=1S/C34H27F3N2O2/c1-33(21-38,32(40)29-20-24(17-18-39-29)23-11-7-12-25(19-23)34(35,36)37)31(28-14-5-6-16-30(28)41-2)27-15-8-10-22-9-3-4-13-26(22)27/h3-17,19,31H,18,20H2,1-2H3. The Kier molecular flexibility index (Phi) is 7.51. The summed E-state index contributed by atoms with van der Waals surface area (Å²) in [7, 11) is 1.54. The van der Waals surface area contributed by atoms with E-state index in [-0.39, 0.29) is 18.7 Å². The van der Waals surface area contributed by atoms with Gasteiger partial charge in [0.25, 0.3) is 0 Å². The van der Waals surface area contributed by atoms with Crippen molar-refractivity contribution in [2.45, 2.75) is 25.4 Å². The molecule has 5 rings (SSSR count). The Balaban J connectivity index is 1.60. The SMILES string of the molecule is COc1ccccc1C(c1cccc2ccccc12)C(C)(C#N)C(=O)C1=NCC=C(c2cccc(C(F)(F)F)c2)C1. The molecule has 0 radical (unpaired) electrons. The highest BCUT2D eigenvalue weighted by molar-refractivity contribution is 6.44. The van der Waals surface area contributed by atoms with Crippen molar-refractivity contribution in [1.82, 2.24) is 0 Å². The summed E-state index contributed by atoms with van der Waals surface area (Å²) < 4.78 is 45.8. The first-order chi connectivity index (χ1) is 19.7. The maximum Gasteiger partial charge on any atom is 0.416 e. The van der Waals surface area contributed by atoms with E-state index in [9.17, 15) is 23.2 Å². The number of carbonyl (C=O) groups is 1. The lowest BCUT2D eigenvalue weighted by Crippen LogP contribution is -2.39. The van der Waals surface area contributed by atoms with Gasteiger partial charge >= 0.3 is 6.18 Å². The number of aliphatic imine (C=N–C) groups is 1. The molecule has 1 aliphatic heterocycles. The van der Waals surface area contributed by atoms with E-state index in [4.69, 9.17) is 4.74 Å². The number of Topliss-reactive ketones (excluding diaryl/α,β-unsaturated/α-hetero) is 1. The predicted molar refractivity (Wildman–Crippen MR) is 154 cm³/mol. The summed E-state index contributed by atoms with van der Waals surface area (Å²) in [4.78, 5) is 18.8. The molecule has 4 nitrogen and oxygen atoms in total. The number of nitrogens with zero attached hydrogens (tertiary/aromatic N) is 2. The van der Waals surface area contributed by atoms with Gasteiger partial charge in [0, 0.05) is 17.9 Å². The molecule has 41 heavy (non-hydrogen) atoms. The van der Waals surface area contributed by atoms with E-state index in [0.717, 1.165) is 28.5 Å². The van der Waals surface area contributed by atoms with Gasteiger partial charge in [0.2, 0.25) is 0 Å². The summed E-state index contributed by atoms with van der Waals surface area (Å²) in [5.41, 5.74) is 0.171. The maximum absolute atomic E-state index is 14.4. The molecule has 4 aromatic rings. The van der Waals surface area contributed by atoms with Crippen LogP contribution in [-0.2, 0) is 11.0 Å². The van der Waals surface area contributed by atoms with Crippen LogP contribution in [0.15, 0.2) is 102 Å². The number of methoxy groups -OCH3 is 1. The fourth-order valence-electron chi connectivity index (χ4n) is 5.58. The zero-order valence-electron chi connectivity index (χ0n) is 22.6. The highest BCUT2D eigenvalue weighted by atomic mass is 19.4. The second-order valence-corrected chi connectivity index (χ2v) is 10.2. The Morgan fingerprint density at radius 3 is 2.39 bits per heavy atom. The molecule has 0 bridgehead atoms. The van der Waals surface area contributed by atoms with E-state index in [1.807, 2.05) is 60.7 Å². The number of ether oxygens (including phenoxy) is 1. The van der Waals surface area contributed by atoms with E-state index in [2.05, 4.69) is 11.1 Å². The van der Waals surface area contributed by atoms with E-state index >= 15 is 0 Å². The van der Waals surface area contributed by atoms with Crippen LogP contribution in [-0.4, -0.2) is 25.1 Å². The Labute approximate surface area is 236 Å². The molecule has 2 unspecified atom stereocenters. The molecule has 0 aromatic heterocycles. The number of benzene rings is 4. The summed E-state index contributed by atoms with van der Waals surface area (Å²) in [6.45, 7) is 1.74. The van der Waals surface area contributed by atoms with E-state index in [1.54, 1.807) is 32.2 Å². The molecule has 0 N–H and O–H groups in total. The maximum atomic E-state index is 14.4. The van der Waals surface area contributed by atoms with Crippen LogP contribution in [0.1, 0.15) is 41.5 Å². The minimum absolute atomic E-state index is 0.0194. The fraction of sp³-hybridized carbons (Fsp3) is 0.206. The van der Waals surface area contributed by atoms with Crippen LogP contribution in [0.2, 0.25) is 0 Å². The molecule has 0 fully saturated rings. The van der Waals surface area contributed by atoms with Crippen molar-refractivity contribution < 1.29 is 22.7 Å². The third kappa shape index (κ3) is 5.26. The lowest BCUT2D eigenvalue weighted by Gasteiger charge is -2.34. The largest absolute Gasteiger partial charge is 0.496 e. The molecule has 4 aromatic carbocycles. The molecular weight excluding hydrogens is 525 g/mol. The third-order valence-corrected chi connectivity index (χ3v) is 7.67. The quantitative estimate of drug-likeness (QED) is 0.233. The smallest absolute Gasteiger partial charge is 0.416 e. The van der Waals surface area contributed by atoms with Crippen LogP contribution < -0.4 is 4.74 Å². The second-order valence-electron chi connectivity index (χ2n) is 10.2. The number of dihydropyridines is 1. The summed E-state index contributed by atoms with van der Waals surface area (Å²) >= 11 is 0. The molecule has 0 saturated heterocycles. The Morgan fingerprint density at radius 1 is 0.951 bits per heavy atom. The molecule has 0 amide bonds. The fourth-order valence-corrected chi connectivity index (χ4v) is 5.58. The summed E-state index contributed by atoms with van der Waals surface area (Å²) in [5, 5.41) is 12.6. The number of alkyl halides is 3. The molecule has 1 aliphatic rings. The van der Waals surface area contributed by atoms with Gasteiger partial charge in [-0.2, -0.15) is 18.4 Å². The molecule has 0 aliphatic carbocycles. The Hall–Kier alpha value is -4.70. The highest BCUT2D eigenvalue weighted by Crippen LogP contribution is 2.47. The van der Waals surface area contributed by atoms with Crippen LogP contribution in [0.25, 0.3) is 16.3 Å². The zero-order chi connectivity index (χ0) is 29.2. The van der Waals surface area contributed by atoms with Gasteiger partial charge in [0.1, 0.15) is 11.2 Å². The number of carbonyl (C=O) groups excluding carboxylic acids is 1. The minimum atomic E-state index is -4.49. The van der Waals surface area contributed by atoms with Crippen molar-refractivity contribution in [3.05, 3.63) is 119 Å². The van der Waals surface area contributed by atoms with Crippen LogP contribution in [0.5, 0.6) is 5.75 Å². The van der Waals surface area contributed by atoms with Gasteiger partial charge < -0.3 is 4.74 Å². The van der Waals surface area contributed by atoms with Gasteiger partial charge in [-0.1, -0.05) is 78.9 Å². The zero-order valence-corrected chi connectivity index (χ0v) is 22.6. The van der Waals surface area contributed by atoms with Crippen molar-refractivity contribution in [2.75, 3.05) is 13.7 Å². The molecule has 0 spiro atoms. The second kappa shape index (κ2) is 11.1. The monoisotopic (exact) mass is 552 g/mol. The first kappa shape index (κ1) is 27.9. The molecular formula is C34H27F3N2O2. The van der Waals surface area contributed by atoms with Gasteiger partial charge in [-0.05, 0) is 52.6 Å².